The van der Waals surface area contributed by atoms with Crippen LogP contribution < -0.4 is 0 Å². The van der Waals surface area contributed by atoms with Gasteiger partial charge in [-0.25, -0.2) is 0 Å². The van der Waals surface area contributed by atoms with E-state index in [1.54, 1.807) is 0 Å². The van der Waals surface area contributed by atoms with Gasteiger partial charge in [0, 0.05) is 5.57 Å². The Labute approximate surface area is 62.7 Å². The Morgan fingerprint density at radius 3 is 2.50 bits per heavy atom. The standard InChI is InChI=1S/C9H13N/c1-4-6-8(3)9(5-2)7-10/h4,6H,5H2,1-3H3/b6-4-,9-8+. The molecule has 1 nitrogen and oxygen atoms in total. The van der Waals surface area contributed by atoms with Crippen molar-refractivity contribution in [3.05, 3.63) is 23.3 Å². The topological polar surface area (TPSA) is 23.8 Å². The molecule has 0 aromatic heterocycles. The zero-order valence-electron chi connectivity index (χ0n) is 6.81. The Balaban J connectivity index is 4.47. The van der Waals surface area contributed by atoms with Crippen LogP contribution in [-0.4, -0.2) is 0 Å². The van der Waals surface area contributed by atoms with Crippen LogP contribution in [0.4, 0.5) is 0 Å². The van der Waals surface area contributed by atoms with Crippen molar-refractivity contribution >= 4 is 0 Å². The molecule has 0 saturated carbocycles. The third-order valence-corrected chi connectivity index (χ3v) is 1.38. The van der Waals surface area contributed by atoms with Crippen LogP contribution in [0.1, 0.15) is 27.2 Å². The van der Waals surface area contributed by atoms with Crippen molar-refractivity contribution in [2.75, 3.05) is 0 Å². The van der Waals surface area contributed by atoms with Crippen molar-refractivity contribution in [3.63, 3.8) is 0 Å². The highest BCUT2D eigenvalue weighted by Gasteiger charge is 1.93. The van der Waals surface area contributed by atoms with E-state index in [1.807, 2.05) is 32.9 Å². The predicted molar refractivity (Wildman–Crippen MR) is 43.4 cm³/mol. The van der Waals surface area contributed by atoms with Crippen LogP contribution >= 0.6 is 0 Å². The summed E-state index contributed by atoms with van der Waals surface area (Å²) in [4.78, 5) is 0. The first-order valence-corrected chi connectivity index (χ1v) is 3.48. The molecule has 0 amide bonds. The van der Waals surface area contributed by atoms with Crippen molar-refractivity contribution in [1.82, 2.24) is 0 Å². The lowest BCUT2D eigenvalue weighted by Gasteiger charge is -1.94. The van der Waals surface area contributed by atoms with Crippen molar-refractivity contribution in [2.45, 2.75) is 27.2 Å². The summed E-state index contributed by atoms with van der Waals surface area (Å²) in [6, 6.07) is 2.16. The number of hydrogen-bond acceptors (Lipinski definition) is 1. The molecule has 0 rings (SSSR count). The van der Waals surface area contributed by atoms with Gasteiger partial charge in [-0.1, -0.05) is 19.1 Å². The first-order valence-electron chi connectivity index (χ1n) is 3.48. The van der Waals surface area contributed by atoms with Crippen molar-refractivity contribution in [2.24, 2.45) is 0 Å². The molecule has 0 aliphatic rings. The Bertz CT molecular complexity index is 191. The number of nitrogens with zero attached hydrogens (tertiary/aromatic N) is 1. The summed E-state index contributed by atoms with van der Waals surface area (Å²) in [5.74, 6) is 0. The second kappa shape index (κ2) is 4.81. The quantitative estimate of drug-likeness (QED) is 0.422. The molecule has 0 atom stereocenters. The van der Waals surface area contributed by atoms with Gasteiger partial charge in [-0.15, -0.1) is 0 Å². The van der Waals surface area contributed by atoms with Crippen molar-refractivity contribution in [3.8, 4) is 6.07 Å². The van der Waals surface area contributed by atoms with Crippen molar-refractivity contribution in [1.29, 1.82) is 5.26 Å². The summed E-state index contributed by atoms with van der Waals surface area (Å²) in [6.45, 7) is 5.90. The summed E-state index contributed by atoms with van der Waals surface area (Å²) in [5.41, 5.74) is 1.95. The highest BCUT2D eigenvalue weighted by Crippen LogP contribution is 2.07. The van der Waals surface area contributed by atoms with Crippen LogP contribution in [0, 0.1) is 11.3 Å². The van der Waals surface area contributed by atoms with E-state index in [1.165, 1.54) is 0 Å². The van der Waals surface area contributed by atoms with E-state index in [2.05, 4.69) is 6.07 Å². The fourth-order valence-electron chi connectivity index (χ4n) is 0.797. The van der Waals surface area contributed by atoms with Gasteiger partial charge in [-0.2, -0.15) is 5.26 Å². The highest BCUT2D eigenvalue weighted by atomic mass is 14.2. The van der Waals surface area contributed by atoms with E-state index in [0.29, 0.717) is 0 Å². The Kier molecular flexibility index (Phi) is 4.32. The molecule has 10 heavy (non-hydrogen) atoms. The second-order valence-electron chi connectivity index (χ2n) is 2.13. The van der Waals surface area contributed by atoms with Gasteiger partial charge >= 0.3 is 0 Å². The van der Waals surface area contributed by atoms with Gasteiger partial charge in [-0.3, -0.25) is 0 Å². The van der Waals surface area contributed by atoms with E-state index >= 15 is 0 Å². The molecule has 0 N–H and O–H groups in total. The summed E-state index contributed by atoms with van der Waals surface area (Å²) in [7, 11) is 0. The minimum absolute atomic E-state index is 0.826. The average molecular weight is 135 g/mol. The van der Waals surface area contributed by atoms with Gasteiger partial charge in [0.15, 0.2) is 0 Å². The molecule has 0 fully saturated rings. The highest BCUT2D eigenvalue weighted by molar-refractivity contribution is 5.32. The lowest BCUT2D eigenvalue weighted by atomic mass is 10.1. The van der Waals surface area contributed by atoms with Gasteiger partial charge in [-0.05, 0) is 25.8 Å². The molecule has 0 aromatic rings. The first kappa shape index (κ1) is 8.97. The number of allylic oxidation sites excluding steroid dienone is 4. The minimum atomic E-state index is 0.826. The van der Waals surface area contributed by atoms with E-state index < -0.39 is 0 Å². The molecule has 0 unspecified atom stereocenters. The molecule has 0 spiro atoms. The zero-order valence-corrected chi connectivity index (χ0v) is 6.81. The van der Waals surface area contributed by atoms with E-state index in [-0.39, 0.29) is 0 Å². The SMILES string of the molecule is C/C=C\C(C)=C(\C#N)CC. The van der Waals surface area contributed by atoms with E-state index in [0.717, 1.165) is 17.6 Å². The largest absolute Gasteiger partial charge is 0.193 e. The van der Waals surface area contributed by atoms with Gasteiger partial charge in [0.05, 0.1) is 6.07 Å². The third-order valence-electron chi connectivity index (χ3n) is 1.38. The monoisotopic (exact) mass is 135 g/mol. The van der Waals surface area contributed by atoms with Gasteiger partial charge < -0.3 is 0 Å². The molecule has 0 bridgehead atoms. The average Bonchev–Trinajstić information content (AvgIpc) is 1.91. The van der Waals surface area contributed by atoms with Crippen LogP contribution in [0.15, 0.2) is 23.3 Å². The molecule has 0 aliphatic heterocycles. The molecule has 0 saturated heterocycles. The first-order chi connectivity index (χ1) is 4.76. The molecule has 0 radical (unpaired) electrons. The number of nitriles is 1. The lowest BCUT2D eigenvalue weighted by Crippen LogP contribution is -1.79. The fourth-order valence-corrected chi connectivity index (χ4v) is 0.797. The Hall–Kier alpha value is -1.03. The van der Waals surface area contributed by atoms with Crippen LogP contribution in [0.5, 0.6) is 0 Å². The second-order valence-corrected chi connectivity index (χ2v) is 2.13. The van der Waals surface area contributed by atoms with Crippen LogP contribution in [-0.2, 0) is 0 Å². The smallest absolute Gasteiger partial charge is 0.0949 e. The molecule has 0 heterocycles. The molecule has 54 valence electrons. The third kappa shape index (κ3) is 2.50. The zero-order chi connectivity index (χ0) is 7.98. The molecule has 0 aliphatic carbocycles. The van der Waals surface area contributed by atoms with Crippen LogP contribution in [0.3, 0.4) is 0 Å². The molecule has 0 aromatic carbocycles. The maximum Gasteiger partial charge on any atom is 0.0949 e. The summed E-state index contributed by atoms with van der Waals surface area (Å²) < 4.78 is 0. The minimum Gasteiger partial charge on any atom is -0.193 e. The van der Waals surface area contributed by atoms with Crippen molar-refractivity contribution < 1.29 is 0 Å². The van der Waals surface area contributed by atoms with E-state index in [4.69, 9.17) is 5.26 Å². The molecular weight excluding hydrogens is 122 g/mol. The lowest BCUT2D eigenvalue weighted by molar-refractivity contribution is 1.12. The predicted octanol–water partition coefficient (Wildman–Crippen LogP) is 2.81. The summed E-state index contributed by atoms with van der Waals surface area (Å²) in [6.07, 6.45) is 4.73. The normalized spacial score (nSPS) is 13.0. The fraction of sp³-hybridized carbons (Fsp3) is 0.444. The maximum atomic E-state index is 8.58. The summed E-state index contributed by atoms with van der Waals surface area (Å²) >= 11 is 0. The van der Waals surface area contributed by atoms with Gasteiger partial charge in [0.25, 0.3) is 0 Å². The van der Waals surface area contributed by atoms with Crippen LogP contribution in [0.25, 0.3) is 0 Å². The Morgan fingerprint density at radius 1 is 1.60 bits per heavy atom. The summed E-state index contributed by atoms with van der Waals surface area (Å²) in [5, 5.41) is 8.58. The van der Waals surface area contributed by atoms with Crippen LogP contribution in [0.2, 0.25) is 0 Å². The van der Waals surface area contributed by atoms with E-state index in [9.17, 15) is 0 Å². The number of hydrogen-bond donors (Lipinski definition) is 0. The Morgan fingerprint density at radius 2 is 2.20 bits per heavy atom. The van der Waals surface area contributed by atoms with Gasteiger partial charge in [0.2, 0.25) is 0 Å². The molecular formula is C9H13N. The molecule has 1 heteroatoms. The number of rotatable bonds is 2. The maximum absolute atomic E-state index is 8.58. The van der Waals surface area contributed by atoms with Gasteiger partial charge in [0.1, 0.15) is 0 Å².